The van der Waals surface area contributed by atoms with Gasteiger partial charge in [0.1, 0.15) is 0 Å². The summed E-state index contributed by atoms with van der Waals surface area (Å²) in [4.78, 5) is 10.5. The molecule has 3 heteroatoms. The maximum Gasteiger partial charge on any atom is 0.225 e. The third kappa shape index (κ3) is 2.17. The van der Waals surface area contributed by atoms with Gasteiger partial charge in [0.15, 0.2) is 0 Å². The van der Waals surface area contributed by atoms with Crippen LogP contribution in [-0.2, 0) is 4.79 Å². The Balaban J connectivity index is 4.08. The van der Waals surface area contributed by atoms with E-state index in [4.69, 9.17) is 11.1 Å². The Bertz CT molecular complexity index is 152. The fraction of sp³-hybridized carbons (Fsp3) is 0.714. The maximum atomic E-state index is 10.5. The standard InChI is InChI=1S/C7H14N2O/c1-4(2)6(8)5(3)7(9)10/h4-5,8H,1-3H3,(H2,9,10). The molecule has 0 fully saturated rings. The Labute approximate surface area is 61.1 Å². The number of amides is 1. The lowest BCUT2D eigenvalue weighted by molar-refractivity contribution is -0.119. The maximum absolute atomic E-state index is 10.5. The number of carbonyl (C=O) groups is 1. The van der Waals surface area contributed by atoms with Gasteiger partial charge in [-0.15, -0.1) is 0 Å². The van der Waals surface area contributed by atoms with Gasteiger partial charge in [-0.2, -0.15) is 0 Å². The van der Waals surface area contributed by atoms with Crippen LogP contribution in [-0.4, -0.2) is 11.6 Å². The molecule has 0 spiro atoms. The highest BCUT2D eigenvalue weighted by Crippen LogP contribution is 2.05. The van der Waals surface area contributed by atoms with E-state index in [-0.39, 0.29) is 5.92 Å². The third-order valence-corrected chi connectivity index (χ3v) is 1.52. The van der Waals surface area contributed by atoms with Gasteiger partial charge in [0.2, 0.25) is 5.91 Å². The average molecular weight is 142 g/mol. The van der Waals surface area contributed by atoms with Gasteiger partial charge in [-0.05, 0) is 12.8 Å². The van der Waals surface area contributed by atoms with Gasteiger partial charge in [-0.1, -0.05) is 13.8 Å². The van der Waals surface area contributed by atoms with E-state index in [0.29, 0.717) is 5.71 Å². The molecule has 1 amide bonds. The van der Waals surface area contributed by atoms with Crippen LogP contribution in [0.1, 0.15) is 20.8 Å². The van der Waals surface area contributed by atoms with Crippen LogP contribution in [0.15, 0.2) is 0 Å². The van der Waals surface area contributed by atoms with Crippen molar-refractivity contribution >= 4 is 11.6 Å². The van der Waals surface area contributed by atoms with E-state index in [0.717, 1.165) is 0 Å². The van der Waals surface area contributed by atoms with Gasteiger partial charge in [0.05, 0.1) is 5.92 Å². The summed E-state index contributed by atoms with van der Waals surface area (Å²) in [5.74, 6) is -0.721. The fourth-order valence-electron chi connectivity index (χ4n) is 0.653. The summed E-state index contributed by atoms with van der Waals surface area (Å²) >= 11 is 0. The Morgan fingerprint density at radius 1 is 1.40 bits per heavy atom. The summed E-state index contributed by atoms with van der Waals surface area (Å²) in [5.41, 5.74) is 5.40. The molecule has 1 atom stereocenters. The topological polar surface area (TPSA) is 66.9 Å². The first kappa shape index (κ1) is 9.14. The van der Waals surface area contributed by atoms with Crippen molar-refractivity contribution < 1.29 is 4.79 Å². The first-order chi connectivity index (χ1) is 4.46. The van der Waals surface area contributed by atoms with Crippen molar-refractivity contribution in [2.75, 3.05) is 0 Å². The normalized spacial score (nSPS) is 13.2. The minimum absolute atomic E-state index is 0.113. The van der Waals surface area contributed by atoms with Crippen LogP contribution >= 0.6 is 0 Å². The summed E-state index contributed by atoms with van der Waals surface area (Å²) in [6.07, 6.45) is 0. The van der Waals surface area contributed by atoms with Crippen LogP contribution in [0.3, 0.4) is 0 Å². The molecule has 3 N–H and O–H groups in total. The lowest BCUT2D eigenvalue weighted by Crippen LogP contribution is -2.29. The molecule has 0 heterocycles. The summed E-state index contributed by atoms with van der Waals surface area (Å²) in [5, 5.41) is 7.38. The highest BCUT2D eigenvalue weighted by molar-refractivity contribution is 6.02. The second-order valence-corrected chi connectivity index (χ2v) is 2.73. The average Bonchev–Trinajstić information content (AvgIpc) is 1.84. The van der Waals surface area contributed by atoms with E-state index in [1.807, 2.05) is 13.8 Å². The Morgan fingerprint density at radius 2 is 1.80 bits per heavy atom. The van der Waals surface area contributed by atoms with E-state index in [2.05, 4.69) is 0 Å². The van der Waals surface area contributed by atoms with Crippen LogP contribution in [0.25, 0.3) is 0 Å². The molecule has 0 aliphatic carbocycles. The zero-order chi connectivity index (χ0) is 8.31. The molecular formula is C7H14N2O. The molecule has 0 bridgehead atoms. The SMILES string of the molecule is CC(C)C(=N)C(C)C(N)=O. The van der Waals surface area contributed by atoms with Gasteiger partial charge < -0.3 is 11.1 Å². The Morgan fingerprint density at radius 3 is 1.90 bits per heavy atom. The minimum Gasteiger partial charge on any atom is -0.369 e. The van der Waals surface area contributed by atoms with Crippen molar-refractivity contribution in [2.45, 2.75) is 20.8 Å². The van der Waals surface area contributed by atoms with E-state index in [9.17, 15) is 4.79 Å². The Kier molecular flexibility index (Phi) is 3.06. The lowest BCUT2D eigenvalue weighted by atomic mass is 9.96. The van der Waals surface area contributed by atoms with Gasteiger partial charge >= 0.3 is 0 Å². The molecule has 0 aromatic carbocycles. The number of carbonyl (C=O) groups excluding carboxylic acids is 1. The highest BCUT2D eigenvalue weighted by atomic mass is 16.1. The van der Waals surface area contributed by atoms with Gasteiger partial charge in [-0.3, -0.25) is 4.79 Å². The molecule has 58 valence electrons. The summed E-state index contributed by atoms with van der Waals surface area (Å²) in [6, 6.07) is 0. The van der Waals surface area contributed by atoms with Crippen LogP contribution in [0, 0.1) is 17.2 Å². The molecule has 0 aromatic rings. The van der Waals surface area contributed by atoms with Crippen molar-refractivity contribution in [3.8, 4) is 0 Å². The van der Waals surface area contributed by atoms with Crippen molar-refractivity contribution in [3.05, 3.63) is 0 Å². The zero-order valence-corrected chi connectivity index (χ0v) is 6.64. The second-order valence-electron chi connectivity index (χ2n) is 2.73. The van der Waals surface area contributed by atoms with Crippen LogP contribution in [0.2, 0.25) is 0 Å². The molecule has 1 unspecified atom stereocenters. The number of primary amides is 1. The molecule has 0 saturated carbocycles. The molecule has 0 aliphatic heterocycles. The Hall–Kier alpha value is -0.860. The molecule has 0 saturated heterocycles. The first-order valence-corrected chi connectivity index (χ1v) is 3.34. The van der Waals surface area contributed by atoms with Crippen molar-refractivity contribution in [3.63, 3.8) is 0 Å². The molecular weight excluding hydrogens is 128 g/mol. The zero-order valence-electron chi connectivity index (χ0n) is 6.64. The number of hydrogen-bond donors (Lipinski definition) is 2. The molecule has 3 nitrogen and oxygen atoms in total. The third-order valence-electron chi connectivity index (χ3n) is 1.52. The van der Waals surface area contributed by atoms with E-state index < -0.39 is 11.8 Å². The summed E-state index contributed by atoms with van der Waals surface area (Å²) in [7, 11) is 0. The smallest absolute Gasteiger partial charge is 0.225 e. The second kappa shape index (κ2) is 3.34. The summed E-state index contributed by atoms with van der Waals surface area (Å²) in [6.45, 7) is 5.41. The predicted molar refractivity (Wildman–Crippen MR) is 40.9 cm³/mol. The molecule has 0 aromatic heterocycles. The van der Waals surface area contributed by atoms with Crippen LogP contribution in [0.4, 0.5) is 0 Å². The van der Waals surface area contributed by atoms with Crippen LogP contribution in [0.5, 0.6) is 0 Å². The monoisotopic (exact) mass is 142 g/mol. The molecule has 0 radical (unpaired) electrons. The van der Waals surface area contributed by atoms with E-state index in [1.54, 1.807) is 6.92 Å². The molecule has 0 aliphatic rings. The van der Waals surface area contributed by atoms with E-state index >= 15 is 0 Å². The number of hydrogen-bond acceptors (Lipinski definition) is 2. The molecule has 0 rings (SSSR count). The quantitative estimate of drug-likeness (QED) is 0.562. The number of nitrogens with two attached hydrogens (primary N) is 1. The van der Waals surface area contributed by atoms with Gasteiger partial charge in [0, 0.05) is 5.71 Å². The van der Waals surface area contributed by atoms with Crippen molar-refractivity contribution in [1.82, 2.24) is 0 Å². The predicted octanol–water partition coefficient (Wildman–Crippen LogP) is 0.784. The van der Waals surface area contributed by atoms with Gasteiger partial charge in [-0.25, -0.2) is 0 Å². The van der Waals surface area contributed by atoms with Crippen LogP contribution < -0.4 is 5.73 Å². The summed E-state index contributed by atoms with van der Waals surface area (Å²) < 4.78 is 0. The fourth-order valence-corrected chi connectivity index (χ4v) is 0.653. The highest BCUT2D eigenvalue weighted by Gasteiger charge is 2.16. The molecule has 10 heavy (non-hydrogen) atoms. The first-order valence-electron chi connectivity index (χ1n) is 3.34. The van der Waals surface area contributed by atoms with Gasteiger partial charge in [0.25, 0.3) is 0 Å². The lowest BCUT2D eigenvalue weighted by Gasteiger charge is -2.11. The number of nitrogens with one attached hydrogen (secondary N) is 1. The van der Waals surface area contributed by atoms with Crippen molar-refractivity contribution in [2.24, 2.45) is 17.6 Å². The minimum atomic E-state index is -0.418. The van der Waals surface area contributed by atoms with E-state index in [1.165, 1.54) is 0 Å². The number of rotatable bonds is 3. The van der Waals surface area contributed by atoms with Crippen molar-refractivity contribution in [1.29, 1.82) is 5.41 Å². The largest absolute Gasteiger partial charge is 0.369 e.